The Morgan fingerprint density at radius 3 is 2.95 bits per heavy atom. The fourth-order valence-corrected chi connectivity index (χ4v) is 2.56. The number of amides is 1. The lowest BCUT2D eigenvalue weighted by molar-refractivity contribution is 0.0517. The first kappa shape index (κ1) is 14.8. The van der Waals surface area contributed by atoms with E-state index in [9.17, 15) is 9.90 Å². The number of aliphatic hydroxyl groups is 1. The lowest BCUT2D eigenvalue weighted by Crippen LogP contribution is -2.40. The zero-order valence-electron chi connectivity index (χ0n) is 12.2. The van der Waals surface area contributed by atoms with E-state index in [-0.39, 0.29) is 12.1 Å². The number of likely N-dealkylation sites (tertiary alicyclic amines) is 1. The number of hydrogen-bond donors (Lipinski definition) is 1. The monoisotopic (exact) mass is 282 g/mol. The molecule has 1 saturated heterocycles. The molecule has 0 spiro atoms. The van der Waals surface area contributed by atoms with Crippen molar-refractivity contribution in [2.75, 3.05) is 13.7 Å². The molecule has 0 aliphatic carbocycles. The maximum absolute atomic E-state index is 11.9. The highest BCUT2D eigenvalue weighted by molar-refractivity contribution is 5.68. The Balaban J connectivity index is 2.24. The summed E-state index contributed by atoms with van der Waals surface area (Å²) in [6.45, 7) is 4.44. The molecule has 1 fully saturated rings. The average molecular weight is 282 g/mol. The highest BCUT2D eigenvalue weighted by Crippen LogP contribution is 2.30. The van der Waals surface area contributed by atoms with Gasteiger partial charge in [0.2, 0.25) is 0 Å². The van der Waals surface area contributed by atoms with Crippen molar-refractivity contribution < 1.29 is 14.6 Å². The van der Waals surface area contributed by atoms with Crippen molar-refractivity contribution in [3.63, 3.8) is 0 Å². The van der Waals surface area contributed by atoms with Gasteiger partial charge in [-0.25, -0.2) is 14.5 Å². The predicted octanol–water partition coefficient (Wildman–Crippen LogP) is 1.34. The molecule has 1 aliphatic heterocycles. The molecule has 20 heavy (non-hydrogen) atoms. The van der Waals surface area contributed by atoms with Crippen LogP contribution >= 0.6 is 0 Å². The number of aromatic nitrogens is 3. The summed E-state index contributed by atoms with van der Waals surface area (Å²) in [5.74, 6) is 0.706. The third-order valence-electron chi connectivity index (χ3n) is 3.39. The van der Waals surface area contributed by atoms with Gasteiger partial charge in [0.25, 0.3) is 0 Å². The third kappa shape index (κ3) is 3.27. The summed E-state index contributed by atoms with van der Waals surface area (Å²) in [6.07, 6.45) is 3.95. The molecular formula is C13H22N4O3. The first-order valence-corrected chi connectivity index (χ1v) is 6.87. The van der Waals surface area contributed by atoms with Crippen LogP contribution in [-0.4, -0.2) is 50.1 Å². The van der Waals surface area contributed by atoms with Gasteiger partial charge >= 0.3 is 6.09 Å². The molecule has 2 rings (SSSR count). The summed E-state index contributed by atoms with van der Waals surface area (Å²) in [6, 6.07) is -0.138. The highest BCUT2D eigenvalue weighted by atomic mass is 16.5. The van der Waals surface area contributed by atoms with Gasteiger partial charge in [-0.2, -0.15) is 5.10 Å². The number of carbonyl (C=O) groups is 1. The molecule has 112 valence electrons. The van der Waals surface area contributed by atoms with Crippen LogP contribution < -0.4 is 0 Å². The van der Waals surface area contributed by atoms with E-state index >= 15 is 0 Å². The molecule has 1 aromatic heterocycles. The maximum Gasteiger partial charge on any atom is 0.410 e. The number of piperidine rings is 1. The van der Waals surface area contributed by atoms with E-state index in [0.717, 1.165) is 19.3 Å². The molecule has 7 nitrogen and oxygen atoms in total. The Bertz CT molecular complexity index is 466. The minimum Gasteiger partial charge on any atom is -0.453 e. The Kier molecular flexibility index (Phi) is 4.27. The number of carbonyl (C=O) groups excluding carboxylic acids is 1. The van der Waals surface area contributed by atoms with Crippen LogP contribution in [0.1, 0.15) is 45.0 Å². The second kappa shape index (κ2) is 5.78. The van der Waals surface area contributed by atoms with Crippen LogP contribution in [0.15, 0.2) is 6.33 Å². The summed E-state index contributed by atoms with van der Waals surface area (Å²) >= 11 is 0. The Morgan fingerprint density at radius 2 is 2.30 bits per heavy atom. The molecule has 1 aromatic rings. The van der Waals surface area contributed by atoms with Gasteiger partial charge in [0.1, 0.15) is 12.2 Å². The summed E-state index contributed by atoms with van der Waals surface area (Å²) < 4.78 is 6.51. The van der Waals surface area contributed by atoms with Crippen LogP contribution in [0.25, 0.3) is 0 Å². The molecule has 0 bridgehead atoms. The Labute approximate surface area is 118 Å². The van der Waals surface area contributed by atoms with E-state index < -0.39 is 5.60 Å². The zero-order chi connectivity index (χ0) is 14.8. The molecule has 1 N–H and O–H groups in total. The molecule has 0 aromatic carbocycles. The van der Waals surface area contributed by atoms with E-state index in [1.807, 2.05) is 0 Å². The number of rotatable bonds is 3. The van der Waals surface area contributed by atoms with Crippen molar-refractivity contribution in [3.8, 4) is 0 Å². The summed E-state index contributed by atoms with van der Waals surface area (Å²) in [5.41, 5.74) is -0.882. The van der Waals surface area contributed by atoms with Gasteiger partial charge in [-0.1, -0.05) is 0 Å². The molecular weight excluding hydrogens is 260 g/mol. The lowest BCUT2D eigenvalue weighted by Gasteiger charge is -2.34. The van der Waals surface area contributed by atoms with E-state index in [4.69, 9.17) is 4.74 Å². The number of ether oxygens (including phenoxy) is 1. The fraction of sp³-hybridized carbons (Fsp3) is 0.769. The van der Waals surface area contributed by atoms with E-state index in [1.54, 1.807) is 23.4 Å². The third-order valence-corrected chi connectivity index (χ3v) is 3.39. The quantitative estimate of drug-likeness (QED) is 0.905. The van der Waals surface area contributed by atoms with Gasteiger partial charge in [0.05, 0.1) is 25.3 Å². The number of hydrogen-bond acceptors (Lipinski definition) is 5. The molecule has 1 aliphatic rings. The van der Waals surface area contributed by atoms with Crippen LogP contribution in [0.2, 0.25) is 0 Å². The van der Waals surface area contributed by atoms with Crippen molar-refractivity contribution in [1.82, 2.24) is 19.7 Å². The zero-order valence-corrected chi connectivity index (χ0v) is 12.2. The van der Waals surface area contributed by atoms with Crippen LogP contribution in [0.5, 0.6) is 0 Å². The van der Waals surface area contributed by atoms with Crippen LogP contribution in [-0.2, 0) is 11.3 Å². The summed E-state index contributed by atoms with van der Waals surface area (Å²) in [5, 5.41) is 14.1. The minimum atomic E-state index is -0.882. The highest BCUT2D eigenvalue weighted by Gasteiger charge is 2.32. The largest absolute Gasteiger partial charge is 0.453 e. The molecule has 2 heterocycles. The maximum atomic E-state index is 11.9. The van der Waals surface area contributed by atoms with Crippen molar-refractivity contribution in [2.45, 2.75) is 51.3 Å². The molecule has 0 radical (unpaired) electrons. The molecule has 1 unspecified atom stereocenters. The normalized spacial score (nSPS) is 20.0. The van der Waals surface area contributed by atoms with Crippen molar-refractivity contribution >= 4 is 6.09 Å². The second-order valence-corrected chi connectivity index (χ2v) is 5.76. The van der Waals surface area contributed by atoms with Crippen molar-refractivity contribution in [3.05, 3.63) is 12.2 Å². The fourth-order valence-electron chi connectivity index (χ4n) is 2.56. The SMILES string of the molecule is COC(=O)N1CCCCC1c1ncnn1CC(C)(C)O. The van der Waals surface area contributed by atoms with Gasteiger partial charge in [-0.15, -0.1) is 0 Å². The lowest BCUT2D eigenvalue weighted by atomic mass is 10.0. The van der Waals surface area contributed by atoms with E-state index in [1.165, 1.54) is 13.4 Å². The van der Waals surface area contributed by atoms with Crippen LogP contribution in [0.4, 0.5) is 4.79 Å². The van der Waals surface area contributed by atoms with Gasteiger partial charge in [0, 0.05) is 6.54 Å². The summed E-state index contributed by atoms with van der Waals surface area (Å²) in [7, 11) is 1.38. The molecule has 1 atom stereocenters. The topological polar surface area (TPSA) is 80.5 Å². The number of nitrogens with zero attached hydrogens (tertiary/aromatic N) is 4. The van der Waals surface area contributed by atoms with Crippen LogP contribution in [0, 0.1) is 0 Å². The average Bonchev–Trinajstić information content (AvgIpc) is 2.83. The van der Waals surface area contributed by atoms with Crippen molar-refractivity contribution in [1.29, 1.82) is 0 Å². The minimum absolute atomic E-state index is 0.138. The van der Waals surface area contributed by atoms with Gasteiger partial charge in [-0.05, 0) is 33.1 Å². The van der Waals surface area contributed by atoms with Gasteiger partial charge in [-0.3, -0.25) is 4.90 Å². The Hall–Kier alpha value is -1.63. The predicted molar refractivity (Wildman–Crippen MR) is 72.0 cm³/mol. The first-order valence-electron chi connectivity index (χ1n) is 6.87. The Morgan fingerprint density at radius 1 is 1.55 bits per heavy atom. The van der Waals surface area contributed by atoms with E-state index in [0.29, 0.717) is 18.9 Å². The summed E-state index contributed by atoms with van der Waals surface area (Å²) in [4.78, 5) is 17.8. The first-order chi connectivity index (χ1) is 9.42. The smallest absolute Gasteiger partial charge is 0.410 e. The van der Waals surface area contributed by atoms with Gasteiger partial charge < -0.3 is 9.84 Å². The number of methoxy groups -OCH3 is 1. The van der Waals surface area contributed by atoms with Gasteiger partial charge in [0.15, 0.2) is 0 Å². The second-order valence-electron chi connectivity index (χ2n) is 5.76. The standard InChI is InChI=1S/C13H22N4O3/c1-13(2,19)8-17-11(14-9-15-17)10-6-4-5-7-16(10)12(18)20-3/h9-10,19H,4-8H2,1-3H3. The van der Waals surface area contributed by atoms with Crippen LogP contribution in [0.3, 0.4) is 0 Å². The van der Waals surface area contributed by atoms with Crippen molar-refractivity contribution in [2.24, 2.45) is 0 Å². The molecule has 7 heteroatoms. The molecule has 0 saturated carbocycles. The molecule has 1 amide bonds. The van der Waals surface area contributed by atoms with E-state index in [2.05, 4.69) is 10.1 Å².